The summed E-state index contributed by atoms with van der Waals surface area (Å²) in [4.78, 5) is 18.2. The van der Waals surface area contributed by atoms with Gasteiger partial charge in [0.25, 0.3) is 5.91 Å². The Morgan fingerprint density at radius 3 is 2.86 bits per heavy atom. The Morgan fingerprint density at radius 2 is 2.19 bits per heavy atom. The van der Waals surface area contributed by atoms with Crippen LogP contribution in [0.2, 0.25) is 0 Å². The molecule has 1 fully saturated rings. The van der Waals surface area contributed by atoms with Gasteiger partial charge in [-0.2, -0.15) is 0 Å². The van der Waals surface area contributed by atoms with Crippen molar-refractivity contribution in [3.05, 3.63) is 35.3 Å². The van der Waals surface area contributed by atoms with E-state index in [2.05, 4.69) is 15.2 Å². The molecule has 1 aromatic carbocycles. The molecule has 7 heteroatoms. The molecule has 1 aliphatic rings. The number of hydrogen-bond acceptors (Lipinski definition) is 6. The van der Waals surface area contributed by atoms with Gasteiger partial charge in [-0.25, -0.2) is 4.98 Å². The maximum atomic E-state index is 12.1. The molecule has 0 saturated carbocycles. The normalized spacial score (nSPS) is 15.0. The number of anilines is 2. The third kappa shape index (κ3) is 3.14. The first kappa shape index (κ1) is 13.8. The molecule has 0 unspecified atom stereocenters. The Bertz CT molecular complexity index is 624. The van der Waals surface area contributed by atoms with Crippen LogP contribution in [-0.4, -0.2) is 42.3 Å². The van der Waals surface area contributed by atoms with Gasteiger partial charge in [0.05, 0.1) is 18.8 Å². The summed E-state index contributed by atoms with van der Waals surface area (Å²) in [7, 11) is 0. The van der Waals surface area contributed by atoms with Gasteiger partial charge in [0, 0.05) is 36.4 Å². The van der Waals surface area contributed by atoms with Crippen molar-refractivity contribution < 1.29 is 14.6 Å². The maximum absolute atomic E-state index is 12.1. The highest BCUT2D eigenvalue weighted by Gasteiger charge is 2.16. The molecule has 1 amide bonds. The molecule has 0 spiro atoms. The van der Waals surface area contributed by atoms with Crippen molar-refractivity contribution in [1.82, 2.24) is 4.98 Å². The van der Waals surface area contributed by atoms with E-state index >= 15 is 0 Å². The van der Waals surface area contributed by atoms with Gasteiger partial charge in [-0.1, -0.05) is 0 Å². The average Bonchev–Trinajstić information content (AvgIpc) is 3.01. The molecule has 2 aromatic rings. The minimum atomic E-state index is -0.365. The summed E-state index contributed by atoms with van der Waals surface area (Å²) in [5.41, 5.74) is 1.13. The van der Waals surface area contributed by atoms with E-state index in [9.17, 15) is 9.90 Å². The average molecular weight is 305 g/mol. The highest BCUT2D eigenvalue weighted by atomic mass is 32.1. The summed E-state index contributed by atoms with van der Waals surface area (Å²) in [6.07, 6.45) is 1.61. The largest absolute Gasteiger partial charge is 0.507 e. The lowest BCUT2D eigenvalue weighted by atomic mass is 10.1. The first-order valence-corrected chi connectivity index (χ1v) is 7.48. The van der Waals surface area contributed by atoms with E-state index in [1.54, 1.807) is 23.7 Å². The summed E-state index contributed by atoms with van der Waals surface area (Å²) in [5.74, 6) is -0.399. The summed E-state index contributed by atoms with van der Waals surface area (Å²) >= 11 is 1.33. The minimum Gasteiger partial charge on any atom is -0.507 e. The van der Waals surface area contributed by atoms with Crippen molar-refractivity contribution in [2.75, 3.05) is 36.5 Å². The highest BCUT2D eigenvalue weighted by Crippen LogP contribution is 2.26. The van der Waals surface area contributed by atoms with Crippen LogP contribution in [0.25, 0.3) is 0 Å². The third-order valence-electron chi connectivity index (χ3n) is 3.25. The monoisotopic (exact) mass is 305 g/mol. The molecule has 2 N–H and O–H groups in total. The summed E-state index contributed by atoms with van der Waals surface area (Å²) in [6, 6.07) is 5.08. The van der Waals surface area contributed by atoms with E-state index in [4.69, 9.17) is 4.74 Å². The lowest BCUT2D eigenvalue weighted by Gasteiger charge is -2.29. The van der Waals surface area contributed by atoms with Gasteiger partial charge in [-0.05, 0) is 12.1 Å². The number of morpholine rings is 1. The standard InChI is InChI=1S/C14H15N3O3S/c18-12-9-10(17-4-6-20-7-5-17)1-2-11(12)13(19)16-14-15-3-8-21-14/h1-3,8-9,18H,4-7H2,(H,15,16,19). The van der Waals surface area contributed by atoms with Gasteiger partial charge in [0.1, 0.15) is 5.75 Å². The van der Waals surface area contributed by atoms with Gasteiger partial charge in [0.2, 0.25) is 0 Å². The molecule has 0 radical (unpaired) electrons. The van der Waals surface area contributed by atoms with Crippen LogP contribution in [0.5, 0.6) is 5.75 Å². The predicted octanol–water partition coefficient (Wildman–Crippen LogP) is 1.94. The number of aromatic hydroxyl groups is 1. The molecular formula is C14H15N3O3S. The molecule has 110 valence electrons. The zero-order valence-corrected chi connectivity index (χ0v) is 12.1. The van der Waals surface area contributed by atoms with Crippen LogP contribution >= 0.6 is 11.3 Å². The van der Waals surface area contributed by atoms with Crippen LogP contribution < -0.4 is 10.2 Å². The molecule has 0 atom stereocenters. The number of amides is 1. The molecule has 1 aliphatic heterocycles. The van der Waals surface area contributed by atoms with Crippen LogP contribution in [0.15, 0.2) is 29.8 Å². The van der Waals surface area contributed by atoms with Gasteiger partial charge in [0.15, 0.2) is 5.13 Å². The molecule has 1 saturated heterocycles. The number of phenolic OH excluding ortho intramolecular Hbond substituents is 1. The van der Waals surface area contributed by atoms with Crippen molar-refractivity contribution in [2.45, 2.75) is 0 Å². The fourth-order valence-corrected chi connectivity index (χ4v) is 2.70. The van der Waals surface area contributed by atoms with Crippen molar-refractivity contribution in [1.29, 1.82) is 0 Å². The summed E-state index contributed by atoms with van der Waals surface area (Å²) < 4.78 is 5.30. The zero-order valence-electron chi connectivity index (χ0n) is 11.3. The summed E-state index contributed by atoms with van der Waals surface area (Å²) in [6.45, 7) is 2.91. The van der Waals surface area contributed by atoms with Gasteiger partial charge >= 0.3 is 0 Å². The second-order valence-corrected chi connectivity index (χ2v) is 5.49. The molecule has 2 heterocycles. The number of ether oxygens (including phenoxy) is 1. The van der Waals surface area contributed by atoms with Gasteiger partial charge in [-0.15, -0.1) is 11.3 Å². The Hall–Kier alpha value is -2.12. The van der Waals surface area contributed by atoms with Crippen molar-refractivity contribution >= 4 is 28.1 Å². The first-order chi connectivity index (χ1) is 10.2. The van der Waals surface area contributed by atoms with E-state index in [1.165, 1.54) is 11.3 Å². The lowest BCUT2D eigenvalue weighted by Crippen LogP contribution is -2.36. The fraction of sp³-hybridized carbons (Fsp3) is 0.286. The van der Waals surface area contributed by atoms with Crippen molar-refractivity contribution in [3.63, 3.8) is 0 Å². The van der Waals surface area contributed by atoms with Crippen LogP contribution in [0.3, 0.4) is 0 Å². The lowest BCUT2D eigenvalue weighted by molar-refractivity contribution is 0.102. The Labute approximate surface area is 126 Å². The molecular weight excluding hydrogens is 290 g/mol. The second-order valence-electron chi connectivity index (χ2n) is 4.59. The number of nitrogens with zero attached hydrogens (tertiary/aromatic N) is 2. The first-order valence-electron chi connectivity index (χ1n) is 6.60. The number of rotatable bonds is 3. The molecule has 3 rings (SSSR count). The van der Waals surface area contributed by atoms with E-state index in [0.29, 0.717) is 18.3 Å². The maximum Gasteiger partial charge on any atom is 0.261 e. The van der Waals surface area contributed by atoms with Crippen molar-refractivity contribution in [2.24, 2.45) is 0 Å². The number of carbonyl (C=O) groups is 1. The smallest absolute Gasteiger partial charge is 0.261 e. The van der Waals surface area contributed by atoms with Crippen LogP contribution in [0.4, 0.5) is 10.8 Å². The number of benzene rings is 1. The topological polar surface area (TPSA) is 74.7 Å². The Balaban J connectivity index is 1.75. The number of nitrogens with one attached hydrogen (secondary N) is 1. The molecule has 21 heavy (non-hydrogen) atoms. The zero-order chi connectivity index (χ0) is 14.7. The molecule has 1 aromatic heterocycles. The number of carbonyl (C=O) groups excluding carboxylic acids is 1. The van der Waals surface area contributed by atoms with E-state index in [-0.39, 0.29) is 17.2 Å². The number of phenols is 1. The number of aromatic nitrogens is 1. The van der Waals surface area contributed by atoms with E-state index in [1.807, 2.05) is 6.07 Å². The van der Waals surface area contributed by atoms with E-state index in [0.717, 1.165) is 18.8 Å². The number of thiazole rings is 1. The molecule has 0 bridgehead atoms. The fourth-order valence-electron chi connectivity index (χ4n) is 2.18. The van der Waals surface area contributed by atoms with Crippen LogP contribution in [-0.2, 0) is 4.74 Å². The van der Waals surface area contributed by atoms with Crippen molar-refractivity contribution in [3.8, 4) is 5.75 Å². The molecule has 0 aliphatic carbocycles. The Kier molecular flexibility index (Phi) is 4.03. The van der Waals surface area contributed by atoms with Crippen LogP contribution in [0, 0.1) is 0 Å². The molecule has 6 nitrogen and oxygen atoms in total. The number of hydrogen-bond donors (Lipinski definition) is 2. The SMILES string of the molecule is O=C(Nc1nccs1)c1ccc(N2CCOCC2)cc1O. The second kappa shape index (κ2) is 6.11. The quantitative estimate of drug-likeness (QED) is 0.906. The van der Waals surface area contributed by atoms with E-state index < -0.39 is 0 Å². The Morgan fingerprint density at radius 1 is 1.38 bits per heavy atom. The predicted molar refractivity (Wildman–Crippen MR) is 81.2 cm³/mol. The van der Waals surface area contributed by atoms with Crippen LogP contribution in [0.1, 0.15) is 10.4 Å². The minimum absolute atomic E-state index is 0.0342. The van der Waals surface area contributed by atoms with Gasteiger partial charge < -0.3 is 14.7 Å². The highest BCUT2D eigenvalue weighted by molar-refractivity contribution is 7.13. The van der Waals surface area contributed by atoms with Gasteiger partial charge in [-0.3, -0.25) is 10.1 Å². The summed E-state index contributed by atoms with van der Waals surface area (Å²) in [5, 5.41) is 15.0. The third-order valence-corrected chi connectivity index (χ3v) is 3.94.